The van der Waals surface area contributed by atoms with Crippen molar-refractivity contribution in [1.82, 2.24) is 58.6 Å². The molecule has 6 aromatic rings. The average molecular weight is 1780 g/mol. The van der Waals surface area contributed by atoms with E-state index in [9.17, 15) is 38.5 Å². The van der Waals surface area contributed by atoms with Crippen LogP contribution < -0.4 is 30.6 Å². The zero-order valence-electron chi connectivity index (χ0n) is 71.7. The van der Waals surface area contributed by atoms with Gasteiger partial charge in [0.1, 0.15) is 19.8 Å². The van der Waals surface area contributed by atoms with Gasteiger partial charge in [-0.25, -0.2) is 87.7 Å². The second kappa shape index (κ2) is 42.2. The molecule has 12 atom stereocenters. The number of nitrogens with zero attached hydrogens (tertiary/aromatic N) is 12. The fourth-order valence-electron chi connectivity index (χ4n) is 11.8. The number of anilines is 3. The minimum absolute atomic E-state index is 0.0113. The molecule has 3 aliphatic rings. The Kier molecular flexibility index (Phi) is 32.3. The predicted molar refractivity (Wildman–Crippen MR) is 398 cm³/mol. The largest absolute Gasteiger partial charge is 0.510 e. The Hall–Kier alpha value is -8.95. The van der Waals surface area contributed by atoms with Crippen LogP contribution in [-0.2, 0) is 88.4 Å². The number of carbonyl (C=O) groups is 4. The van der Waals surface area contributed by atoms with E-state index in [0.717, 1.165) is 35.6 Å². The van der Waals surface area contributed by atoms with Gasteiger partial charge in [-0.2, -0.15) is 29.9 Å². The third kappa shape index (κ3) is 24.3. The Morgan fingerprint density at radius 1 is 0.517 bits per heavy atom. The van der Waals surface area contributed by atoms with E-state index in [-0.39, 0.29) is 122 Å². The van der Waals surface area contributed by atoms with Gasteiger partial charge in [0.05, 0.1) is 75.1 Å². The van der Waals surface area contributed by atoms with Gasteiger partial charge in [0.2, 0.25) is 77.2 Å². The molecule has 0 aliphatic carbocycles. The maximum Gasteiger partial charge on any atom is 0.510 e. The second-order valence-corrected chi connectivity index (χ2v) is 30.6. The number of nitrogen functional groups attached to an aromatic ring is 1. The average Bonchev–Trinajstić information content (AvgIpc) is 1.58. The summed E-state index contributed by atoms with van der Waals surface area (Å²) in [5, 5.41) is 34.5. The van der Waals surface area contributed by atoms with Gasteiger partial charge in [-0.15, -0.1) is 0 Å². The van der Waals surface area contributed by atoms with Gasteiger partial charge < -0.3 is 103 Å². The lowest BCUT2D eigenvalue weighted by molar-refractivity contribution is -0.205. The zero-order valence-corrected chi connectivity index (χ0v) is 69.5. The maximum absolute atomic E-state index is 16.9. The molecule has 3 fully saturated rings. The summed E-state index contributed by atoms with van der Waals surface area (Å²) < 4.78 is 256. The molecule has 9 heterocycles. The Bertz CT molecular complexity index is 4520. The van der Waals surface area contributed by atoms with Crippen LogP contribution in [0.4, 0.5) is 63.4 Å². The number of nitrogens with one attached hydrogen (secondary N) is 2. The summed E-state index contributed by atoms with van der Waals surface area (Å²) in [5.74, 6) is -12.3. The van der Waals surface area contributed by atoms with Crippen molar-refractivity contribution in [1.29, 1.82) is 2.86 Å². The Morgan fingerprint density at radius 3 is 1.18 bits per heavy atom. The maximum atomic E-state index is 16.9. The molecule has 0 aromatic carbocycles. The molecule has 676 valence electrons. The zero-order chi connectivity index (χ0) is 91.9. The van der Waals surface area contributed by atoms with E-state index in [0.29, 0.717) is 6.61 Å². The van der Waals surface area contributed by atoms with E-state index >= 15 is 26.3 Å². The van der Waals surface area contributed by atoms with Crippen LogP contribution in [0.25, 0.3) is 33.5 Å². The summed E-state index contributed by atoms with van der Waals surface area (Å²) in [6.07, 6.45) is -12.1. The van der Waals surface area contributed by atoms with Gasteiger partial charge in [-0.1, -0.05) is 0 Å². The van der Waals surface area contributed by atoms with E-state index in [1.807, 2.05) is 0 Å². The lowest BCUT2D eigenvalue weighted by Gasteiger charge is -2.30. The summed E-state index contributed by atoms with van der Waals surface area (Å²) in [4.78, 5) is 84.3. The monoisotopic (exact) mass is 1780 g/mol. The van der Waals surface area contributed by atoms with Gasteiger partial charge in [-0.05, 0) is 124 Å². The summed E-state index contributed by atoms with van der Waals surface area (Å²) in [6.45, 7) is 12.7. The molecule has 0 radical (unpaired) electrons. The summed E-state index contributed by atoms with van der Waals surface area (Å²) in [7, 11) is -9.99. The van der Waals surface area contributed by atoms with Crippen molar-refractivity contribution >= 4 is 91.6 Å². The quantitative estimate of drug-likeness (QED) is 0.00616. The number of aromatic nitrogens is 12. The van der Waals surface area contributed by atoms with Gasteiger partial charge >= 0.3 is 40.3 Å². The normalized spacial score (nSPS) is 25.2. The van der Waals surface area contributed by atoms with Crippen molar-refractivity contribution in [2.24, 2.45) is 11.8 Å². The first kappa shape index (κ1) is 91.8. The number of nitrogens with two attached hydrogens (primary N) is 1. The van der Waals surface area contributed by atoms with Crippen molar-refractivity contribution in [2.45, 2.75) is 207 Å². The van der Waals surface area contributed by atoms with Crippen LogP contribution in [0.3, 0.4) is 0 Å². The molecular formula is C67H101F6N15O30P2. The second-order valence-electron chi connectivity index (χ2n) is 27.3. The molecule has 0 amide bonds. The minimum atomic E-state index is -5.00. The summed E-state index contributed by atoms with van der Waals surface area (Å²) in [5.41, 5.74) is -1.64. The van der Waals surface area contributed by atoms with Crippen LogP contribution in [0, 0.1) is 11.8 Å². The molecular weight excluding hydrogens is 1670 g/mol. The highest BCUT2D eigenvalue weighted by Crippen LogP contribution is 2.59. The first-order valence-electron chi connectivity index (χ1n) is 39.1. The number of imidazole rings is 3. The highest BCUT2D eigenvalue weighted by Gasteiger charge is 2.68. The molecule has 0 unspecified atom stereocenters. The highest BCUT2D eigenvalue weighted by atomic mass is 31.2. The molecule has 6 aromatic heterocycles. The number of hydrogen-bond donors (Lipinski definition) is 7. The van der Waals surface area contributed by atoms with Crippen molar-refractivity contribution < 1.29 is 171 Å². The van der Waals surface area contributed by atoms with Gasteiger partial charge in [0.25, 0.3) is 5.85 Å². The van der Waals surface area contributed by atoms with E-state index < -0.39 is 196 Å². The number of ether oxygens (including phenoxy) is 14. The van der Waals surface area contributed by atoms with Crippen molar-refractivity contribution in [3.63, 3.8) is 0 Å². The van der Waals surface area contributed by atoms with Gasteiger partial charge in [0.15, 0.2) is 75.3 Å². The summed E-state index contributed by atoms with van der Waals surface area (Å²) in [6, 6.07) is 0. The summed E-state index contributed by atoms with van der Waals surface area (Å²) >= 11 is 0. The fourth-order valence-corrected chi connectivity index (χ4v) is 13.6. The van der Waals surface area contributed by atoms with E-state index in [1.165, 1.54) is 73.2 Å². The molecule has 0 saturated carbocycles. The Morgan fingerprint density at radius 2 is 0.842 bits per heavy atom. The van der Waals surface area contributed by atoms with E-state index in [1.54, 1.807) is 20.8 Å². The minimum Gasteiger partial charge on any atom is -0.476 e. The first-order valence-corrected chi connectivity index (χ1v) is 39.8. The van der Waals surface area contributed by atoms with Crippen LogP contribution in [0.2, 0.25) is 0 Å². The van der Waals surface area contributed by atoms with E-state index in [4.69, 9.17) is 85.8 Å². The van der Waals surface area contributed by atoms with Crippen LogP contribution in [0.15, 0.2) is 19.0 Å². The first-order chi connectivity index (χ1) is 58.4. The number of aliphatic hydroxyl groups excluding tert-OH is 4. The molecule has 9 rings (SSSR count). The molecule has 8 N–H and O–H groups in total. The standard InChI is InChI=1S/C27H42F2N5O13P.C23H34F2N5O13P.C17H25F2N5O4/c1-8-30-23-32-20-19(21(33-23)39-9-2)31-13-34(20)22-26(7,28)18(10-11-35)27(29,47-22)12-42-48(38,43-14-40-24(36)45-16(3)4)44-15-41-25(37)46-17(5)6;1-7-35-16-14-15(28-19(26)29-16)30(9-27-14)18-22(6,24)17(31)23(25,43-18)8-38-44(34,39-10-36-20(32)41-12(2)3)40-11-37-21(33)42-13(4)5;1-4-20-15-22-12-11(13(23-15)27-5-2)21-9-24(12)14-16(3,18)10(6-7-25)17(19,8-26)28-14/h13,16-18,22,35H,8-12,14-15H2,1-7H3,(H,30,32,33);9,12-13,17-18,31H,7-8,10-11H2,1-6H3,(H2,26,28,29);9-10,14,25-26H,4-8H2,1-3H3,(H,20,22,23)/t18-,22+,26+,27+;17-,18+,22+,23+;10-,14+,16+,17+/m000/s1/i1T,35T;;1T,25T. The number of phosphoric acid groups is 2. The van der Waals surface area contributed by atoms with Crippen LogP contribution >= 0.6 is 15.6 Å². The molecule has 3 saturated heterocycles. The van der Waals surface area contributed by atoms with Crippen molar-refractivity contribution in [3.05, 3.63) is 19.0 Å². The Balaban J connectivity index is 0.000000263. The Labute approximate surface area is 687 Å². The number of phosphoric ester groups is 2. The fraction of sp³-hybridized carbons (Fsp3) is 0.716. The van der Waals surface area contributed by atoms with Gasteiger partial charge in [-0.3, -0.25) is 22.7 Å². The number of halogens is 6. The molecule has 53 heteroatoms. The highest BCUT2D eigenvalue weighted by molar-refractivity contribution is 7.48. The third-order valence-corrected chi connectivity index (χ3v) is 19.4. The number of alkyl halides is 6. The van der Waals surface area contributed by atoms with Crippen LogP contribution in [-0.4, -0.2) is 265 Å². The number of fused-ring (bicyclic) bond motifs is 3. The van der Waals surface area contributed by atoms with Gasteiger partial charge in [0, 0.05) is 29.0 Å². The smallest absolute Gasteiger partial charge is 0.476 e. The number of rotatable bonds is 42. The lowest BCUT2D eigenvalue weighted by Crippen LogP contribution is -2.46. The van der Waals surface area contributed by atoms with Crippen LogP contribution in [0.5, 0.6) is 17.6 Å². The number of carbonyl (C=O) groups excluding carboxylic acids is 4. The number of aliphatic hydroxyl groups is 4. The van der Waals surface area contributed by atoms with Crippen molar-refractivity contribution in [2.75, 3.05) is 109 Å². The van der Waals surface area contributed by atoms with Crippen LogP contribution in [0.1, 0.15) is 145 Å². The van der Waals surface area contributed by atoms with E-state index in [2.05, 4.69) is 84.7 Å². The molecule has 120 heavy (non-hydrogen) atoms. The molecule has 3 aliphatic heterocycles. The topological polar surface area (TPSA) is 549 Å². The van der Waals surface area contributed by atoms with Crippen molar-refractivity contribution in [3.8, 4) is 17.6 Å². The molecule has 0 bridgehead atoms. The lowest BCUT2D eigenvalue weighted by atomic mass is 9.84. The number of hydrogen-bond acceptors (Lipinski definition) is 42. The SMILES string of the molecule is CCOc1nc(N)nc2c1ncn2[C@@H]1O[C@](F)(COP(=O)(OCOC(=O)OC(C)C)OCOC(=O)OC(C)C)[C@@H](O)[C@@]1(C)F.[3H]CCNc1nc(OCC)c2ncn([C@@H]3O[C@](F)(CO)[C@@H](CCO[3H])[C@@]3(C)F)c2n1.[3H]CCNc1nc(OCC)c2ncn([C@@H]3O[C@](F)(COP(=O)(OCOC(=O)OC(C)C)OCOC(=O)OC(C)C)[C@@H](CCO[3H])[C@@]3(C)F)c2n1. The molecule has 45 nitrogen and oxygen atoms in total. The third-order valence-electron chi connectivity index (χ3n) is 16.8. The predicted octanol–water partition coefficient (Wildman–Crippen LogP) is 9.63. The molecule has 0 spiro atoms.